The van der Waals surface area contributed by atoms with Crippen molar-refractivity contribution >= 4 is 28.5 Å². The maximum absolute atomic E-state index is 5.33. The van der Waals surface area contributed by atoms with Crippen molar-refractivity contribution in [1.82, 2.24) is 0 Å². The Morgan fingerprint density at radius 3 is 2.81 bits per heavy atom. The van der Waals surface area contributed by atoms with E-state index in [0.717, 1.165) is 24.7 Å². The van der Waals surface area contributed by atoms with Crippen molar-refractivity contribution in [2.75, 3.05) is 25.1 Å². The number of rotatable bonds is 1. The summed E-state index contributed by atoms with van der Waals surface area (Å²) < 4.78 is 5.33. The van der Waals surface area contributed by atoms with Gasteiger partial charge < -0.3 is 10.1 Å². The fraction of sp³-hybridized carbons (Fsp3) is 0.417. The second-order valence-electron chi connectivity index (χ2n) is 3.82. The highest BCUT2D eigenvalue weighted by atomic mass is 79.9. The quantitative estimate of drug-likeness (QED) is 0.860. The molecule has 0 saturated carbocycles. The average Bonchev–Trinajstić information content (AvgIpc) is 2.25. The molecule has 88 valence electrons. The topological polar surface area (TPSA) is 33.6 Å². The standard InChI is InChI=1S/C12H16N2O.BrH/c1-9-3-4-10(2)11(7-9)14-12-8-15-6-5-13-12;/h3-4,7H,5-6,8H2,1-2H3,(H,13,14);1H. The first-order valence-electron chi connectivity index (χ1n) is 5.21. The molecule has 16 heavy (non-hydrogen) atoms. The summed E-state index contributed by atoms with van der Waals surface area (Å²) in [4.78, 5) is 4.38. The van der Waals surface area contributed by atoms with E-state index in [1.165, 1.54) is 11.1 Å². The molecule has 0 atom stereocenters. The van der Waals surface area contributed by atoms with Gasteiger partial charge in [0.25, 0.3) is 0 Å². The smallest absolute Gasteiger partial charge is 0.127 e. The molecule has 0 saturated heterocycles. The van der Waals surface area contributed by atoms with Gasteiger partial charge in [0.2, 0.25) is 0 Å². The first-order valence-corrected chi connectivity index (χ1v) is 5.21. The molecule has 0 unspecified atom stereocenters. The van der Waals surface area contributed by atoms with Crippen LogP contribution in [0.15, 0.2) is 23.2 Å². The van der Waals surface area contributed by atoms with Crippen LogP contribution in [0.2, 0.25) is 0 Å². The molecule has 0 aliphatic carbocycles. The first-order chi connectivity index (χ1) is 7.25. The van der Waals surface area contributed by atoms with E-state index in [-0.39, 0.29) is 17.0 Å². The molecular weight excluding hydrogens is 268 g/mol. The van der Waals surface area contributed by atoms with Gasteiger partial charge in [0.05, 0.1) is 13.2 Å². The highest BCUT2D eigenvalue weighted by Gasteiger charge is 2.06. The largest absolute Gasteiger partial charge is 0.372 e. The van der Waals surface area contributed by atoms with Crippen LogP contribution in [-0.2, 0) is 4.74 Å². The van der Waals surface area contributed by atoms with Gasteiger partial charge in [0, 0.05) is 5.69 Å². The highest BCUT2D eigenvalue weighted by molar-refractivity contribution is 8.93. The third-order valence-electron chi connectivity index (χ3n) is 2.45. The molecule has 1 aromatic rings. The van der Waals surface area contributed by atoms with Crippen LogP contribution in [0.3, 0.4) is 0 Å². The minimum Gasteiger partial charge on any atom is -0.372 e. The maximum atomic E-state index is 5.33. The van der Waals surface area contributed by atoms with Crippen molar-refractivity contribution in [1.29, 1.82) is 0 Å². The average molecular weight is 285 g/mol. The summed E-state index contributed by atoms with van der Waals surface area (Å²) in [6.45, 7) is 6.26. The van der Waals surface area contributed by atoms with E-state index in [4.69, 9.17) is 4.74 Å². The first kappa shape index (κ1) is 13.2. The molecule has 0 aromatic heterocycles. The summed E-state index contributed by atoms with van der Waals surface area (Å²) in [5, 5.41) is 3.31. The van der Waals surface area contributed by atoms with Crippen LogP contribution in [0.25, 0.3) is 0 Å². The van der Waals surface area contributed by atoms with Gasteiger partial charge in [-0.15, -0.1) is 17.0 Å². The van der Waals surface area contributed by atoms with E-state index < -0.39 is 0 Å². The maximum Gasteiger partial charge on any atom is 0.127 e. The van der Waals surface area contributed by atoms with Gasteiger partial charge >= 0.3 is 0 Å². The van der Waals surface area contributed by atoms with Crippen LogP contribution in [0.4, 0.5) is 5.69 Å². The third-order valence-corrected chi connectivity index (χ3v) is 2.45. The zero-order valence-corrected chi connectivity index (χ0v) is 11.3. The molecule has 1 aromatic carbocycles. The number of aryl methyl sites for hydroxylation is 2. The number of nitrogens with one attached hydrogen (secondary N) is 1. The van der Waals surface area contributed by atoms with Gasteiger partial charge in [-0.25, -0.2) is 0 Å². The van der Waals surface area contributed by atoms with Crippen molar-refractivity contribution in [3.05, 3.63) is 29.3 Å². The van der Waals surface area contributed by atoms with E-state index in [1.807, 2.05) is 0 Å². The lowest BCUT2D eigenvalue weighted by Gasteiger charge is -2.16. The summed E-state index contributed by atoms with van der Waals surface area (Å²) in [5.41, 5.74) is 3.61. The monoisotopic (exact) mass is 284 g/mol. The number of hydrogen-bond acceptors (Lipinski definition) is 3. The van der Waals surface area contributed by atoms with Gasteiger partial charge in [-0.2, -0.15) is 0 Å². The van der Waals surface area contributed by atoms with Crippen LogP contribution >= 0.6 is 17.0 Å². The van der Waals surface area contributed by atoms with Crippen molar-refractivity contribution < 1.29 is 4.74 Å². The van der Waals surface area contributed by atoms with Crippen LogP contribution in [0.5, 0.6) is 0 Å². The molecule has 0 bridgehead atoms. The van der Waals surface area contributed by atoms with E-state index in [0.29, 0.717) is 6.61 Å². The fourth-order valence-corrected chi connectivity index (χ4v) is 1.56. The minimum absolute atomic E-state index is 0. The molecule has 0 fully saturated rings. The minimum atomic E-state index is 0. The van der Waals surface area contributed by atoms with E-state index in [1.54, 1.807) is 0 Å². The number of halogens is 1. The Balaban J connectivity index is 0.00000128. The normalized spacial score (nSPS) is 15.0. The van der Waals surface area contributed by atoms with Crippen molar-refractivity contribution in [2.24, 2.45) is 4.99 Å². The van der Waals surface area contributed by atoms with E-state index >= 15 is 0 Å². The highest BCUT2D eigenvalue weighted by Crippen LogP contribution is 2.16. The van der Waals surface area contributed by atoms with Gasteiger partial charge in [-0.3, -0.25) is 4.99 Å². The Hall–Kier alpha value is -0.870. The molecule has 0 radical (unpaired) electrons. The molecule has 3 nitrogen and oxygen atoms in total. The van der Waals surface area contributed by atoms with Crippen molar-refractivity contribution in [2.45, 2.75) is 13.8 Å². The molecule has 1 aliphatic heterocycles. The Morgan fingerprint density at radius 2 is 2.12 bits per heavy atom. The zero-order chi connectivity index (χ0) is 10.7. The molecule has 2 rings (SSSR count). The van der Waals surface area contributed by atoms with Gasteiger partial charge in [-0.05, 0) is 31.0 Å². The van der Waals surface area contributed by atoms with Crippen LogP contribution < -0.4 is 5.32 Å². The summed E-state index contributed by atoms with van der Waals surface area (Å²) in [7, 11) is 0. The van der Waals surface area contributed by atoms with Gasteiger partial charge in [0.1, 0.15) is 12.4 Å². The Morgan fingerprint density at radius 1 is 1.31 bits per heavy atom. The summed E-state index contributed by atoms with van der Waals surface area (Å²) in [6.07, 6.45) is 0. The second kappa shape index (κ2) is 6.01. The number of nitrogens with zero attached hydrogens (tertiary/aromatic N) is 1. The SMILES string of the molecule is Br.Cc1ccc(C)c(NC2=NCCOC2)c1. The number of hydrogen-bond donors (Lipinski definition) is 1. The lowest BCUT2D eigenvalue weighted by Crippen LogP contribution is -2.25. The Labute approximate surface area is 107 Å². The number of aliphatic imine (C=N–C) groups is 1. The Bertz CT molecular complexity index is 391. The lowest BCUT2D eigenvalue weighted by molar-refractivity contribution is 0.171. The van der Waals surface area contributed by atoms with Gasteiger partial charge in [-0.1, -0.05) is 12.1 Å². The van der Waals surface area contributed by atoms with Crippen LogP contribution in [0.1, 0.15) is 11.1 Å². The summed E-state index contributed by atoms with van der Waals surface area (Å²) in [6, 6.07) is 6.36. The van der Waals surface area contributed by atoms with Crippen LogP contribution in [-0.4, -0.2) is 25.6 Å². The third kappa shape index (κ3) is 3.32. The molecule has 1 N–H and O–H groups in total. The zero-order valence-electron chi connectivity index (χ0n) is 9.62. The Kier molecular flexibility index (Phi) is 4.96. The molecular formula is C12H17BrN2O. The second-order valence-corrected chi connectivity index (χ2v) is 3.82. The predicted octanol–water partition coefficient (Wildman–Crippen LogP) is 2.72. The molecule has 1 aliphatic rings. The summed E-state index contributed by atoms with van der Waals surface area (Å²) >= 11 is 0. The molecule has 1 heterocycles. The van der Waals surface area contributed by atoms with Gasteiger partial charge in [0.15, 0.2) is 0 Å². The molecule has 0 spiro atoms. The van der Waals surface area contributed by atoms with Crippen molar-refractivity contribution in [3.63, 3.8) is 0 Å². The lowest BCUT2D eigenvalue weighted by atomic mass is 10.1. The number of anilines is 1. The number of amidine groups is 1. The predicted molar refractivity (Wildman–Crippen MR) is 73.0 cm³/mol. The molecule has 4 heteroatoms. The van der Waals surface area contributed by atoms with E-state index in [2.05, 4.69) is 42.4 Å². The number of benzene rings is 1. The van der Waals surface area contributed by atoms with Crippen molar-refractivity contribution in [3.8, 4) is 0 Å². The van der Waals surface area contributed by atoms with Crippen LogP contribution in [0, 0.1) is 13.8 Å². The molecule has 0 amide bonds. The fourth-order valence-electron chi connectivity index (χ4n) is 1.56. The van der Waals surface area contributed by atoms with E-state index in [9.17, 15) is 0 Å². The number of ether oxygens (including phenoxy) is 1. The summed E-state index contributed by atoms with van der Waals surface area (Å²) in [5.74, 6) is 0.926.